The smallest absolute Gasteiger partial charge is 0.277 e. The van der Waals surface area contributed by atoms with E-state index in [1.54, 1.807) is 0 Å². The van der Waals surface area contributed by atoms with Crippen LogP contribution in [0.2, 0.25) is 0 Å². The van der Waals surface area contributed by atoms with E-state index >= 15 is 0 Å². The van der Waals surface area contributed by atoms with Crippen molar-refractivity contribution in [1.29, 1.82) is 5.26 Å². The molecule has 0 bridgehead atoms. The van der Waals surface area contributed by atoms with Gasteiger partial charge in [0.1, 0.15) is 11.9 Å². The third-order valence-electron chi connectivity index (χ3n) is 4.12. The van der Waals surface area contributed by atoms with Crippen LogP contribution in [0, 0.1) is 21.4 Å². The molecule has 1 aliphatic heterocycles. The zero-order valence-corrected chi connectivity index (χ0v) is 18.5. The van der Waals surface area contributed by atoms with Crippen molar-refractivity contribution >= 4 is 38.1 Å². The SMILES string of the molecule is N#CC1=C(N)N(/C(=C/[N+](=O)[O-])N/N=C/c2ccc(Br)cc2)NC1c1ccc(Br)cc1. The minimum absolute atomic E-state index is 0.0433. The van der Waals surface area contributed by atoms with E-state index in [0.29, 0.717) is 0 Å². The molecule has 0 fully saturated rings. The highest BCUT2D eigenvalue weighted by atomic mass is 79.9. The number of hydrogen-bond acceptors (Lipinski definition) is 8. The first-order valence-electron chi connectivity index (χ1n) is 8.50. The third-order valence-corrected chi connectivity index (χ3v) is 5.18. The molecule has 152 valence electrons. The Balaban J connectivity index is 1.86. The molecular formula is C19H15Br2N7O2. The van der Waals surface area contributed by atoms with Gasteiger partial charge in [0, 0.05) is 8.95 Å². The van der Waals surface area contributed by atoms with Crippen LogP contribution >= 0.6 is 31.9 Å². The molecule has 1 atom stereocenters. The predicted octanol–water partition coefficient (Wildman–Crippen LogP) is 3.47. The standard InChI is InChI=1S/C19H15Br2N7O2/c20-14-5-1-12(2-6-14)10-24-25-17(11-27(29)30)28-19(23)16(9-22)18(26-28)13-3-7-15(21)8-4-13/h1-8,10-11,18,25-26H,23H2/b17-11+,24-10+. The number of hydrazone groups is 1. The van der Waals surface area contributed by atoms with Crippen LogP contribution < -0.4 is 16.6 Å². The molecular weight excluding hydrogens is 518 g/mol. The summed E-state index contributed by atoms with van der Waals surface area (Å²) in [6.07, 6.45) is 2.23. The Morgan fingerprint density at radius 1 is 1.23 bits per heavy atom. The number of nitriles is 1. The number of hydrazine groups is 1. The molecule has 11 heteroatoms. The normalized spacial score (nSPS) is 16.8. The lowest BCUT2D eigenvalue weighted by molar-refractivity contribution is -0.404. The van der Waals surface area contributed by atoms with E-state index in [1.807, 2.05) is 48.5 Å². The zero-order valence-electron chi connectivity index (χ0n) is 15.3. The van der Waals surface area contributed by atoms with E-state index in [2.05, 4.69) is 53.9 Å². The number of nitrogens with zero attached hydrogens (tertiary/aromatic N) is 4. The molecule has 0 aromatic heterocycles. The van der Waals surface area contributed by atoms with Gasteiger partial charge in [-0.1, -0.05) is 56.1 Å². The molecule has 2 aromatic rings. The van der Waals surface area contributed by atoms with Crippen LogP contribution in [0.3, 0.4) is 0 Å². The number of nitrogens with one attached hydrogen (secondary N) is 2. The highest BCUT2D eigenvalue weighted by Gasteiger charge is 2.34. The number of benzene rings is 2. The summed E-state index contributed by atoms with van der Waals surface area (Å²) in [7, 11) is 0. The van der Waals surface area contributed by atoms with Crippen molar-refractivity contribution in [2.75, 3.05) is 0 Å². The molecule has 1 aliphatic rings. The molecule has 0 amide bonds. The molecule has 9 nitrogen and oxygen atoms in total. The Labute approximate surface area is 188 Å². The largest absolute Gasteiger partial charge is 0.383 e. The summed E-state index contributed by atoms with van der Waals surface area (Å²) in [4.78, 5) is 10.5. The molecule has 2 aromatic carbocycles. The average molecular weight is 533 g/mol. The monoisotopic (exact) mass is 531 g/mol. The summed E-state index contributed by atoms with van der Waals surface area (Å²) in [5, 5.41) is 26.0. The van der Waals surface area contributed by atoms with Gasteiger partial charge in [-0.3, -0.25) is 15.5 Å². The minimum Gasteiger partial charge on any atom is -0.383 e. The Kier molecular flexibility index (Phi) is 6.83. The van der Waals surface area contributed by atoms with E-state index < -0.39 is 11.0 Å². The van der Waals surface area contributed by atoms with Crippen molar-refractivity contribution < 1.29 is 4.92 Å². The van der Waals surface area contributed by atoms with Crippen molar-refractivity contribution in [3.05, 3.63) is 102 Å². The molecule has 4 N–H and O–H groups in total. The molecule has 30 heavy (non-hydrogen) atoms. The van der Waals surface area contributed by atoms with Crippen molar-refractivity contribution in [3.63, 3.8) is 0 Å². The van der Waals surface area contributed by atoms with E-state index in [4.69, 9.17) is 5.73 Å². The van der Waals surface area contributed by atoms with E-state index in [1.165, 1.54) is 11.2 Å². The van der Waals surface area contributed by atoms with Crippen LogP contribution in [0.5, 0.6) is 0 Å². The average Bonchev–Trinajstić information content (AvgIpc) is 3.05. The van der Waals surface area contributed by atoms with E-state index in [-0.39, 0.29) is 17.2 Å². The molecule has 0 radical (unpaired) electrons. The number of nitro groups is 1. The first-order chi connectivity index (χ1) is 14.4. The maximum absolute atomic E-state index is 11.1. The second-order valence-corrected chi connectivity index (χ2v) is 7.91. The van der Waals surface area contributed by atoms with Crippen molar-refractivity contribution in [1.82, 2.24) is 15.9 Å². The zero-order chi connectivity index (χ0) is 21.7. The maximum atomic E-state index is 11.1. The Bertz CT molecular complexity index is 1070. The summed E-state index contributed by atoms with van der Waals surface area (Å²) in [5.41, 5.74) is 13.6. The van der Waals surface area contributed by atoms with E-state index in [0.717, 1.165) is 26.3 Å². The second-order valence-electron chi connectivity index (χ2n) is 6.08. The van der Waals surface area contributed by atoms with Gasteiger partial charge in [0.25, 0.3) is 6.20 Å². The fourth-order valence-electron chi connectivity index (χ4n) is 2.71. The van der Waals surface area contributed by atoms with E-state index in [9.17, 15) is 15.4 Å². The van der Waals surface area contributed by atoms with Crippen LogP contribution in [0.15, 0.2) is 86.0 Å². The van der Waals surface area contributed by atoms with Crippen molar-refractivity contribution in [2.45, 2.75) is 6.04 Å². The van der Waals surface area contributed by atoms with Gasteiger partial charge < -0.3 is 5.73 Å². The van der Waals surface area contributed by atoms with Gasteiger partial charge in [0.2, 0.25) is 5.82 Å². The number of nitrogens with two attached hydrogens (primary N) is 1. The molecule has 1 unspecified atom stereocenters. The molecule has 0 saturated carbocycles. The van der Waals surface area contributed by atoms with Gasteiger partial charge in [-0.15, -0.1) is 0 Å². The maximum Gasteiger partial charge on any atom is 0.277 e. The third kappa shape index (κ3) is 5.04. The highest BCUT2D eigenvalue weighted by Crippen LogP contribution is 2.31. The first-order valence-corrected chi connectivity index (χ1v) is 10.1. The van der Waals surface area contributed by atoms with Crippen molar-refractivity contribution in [2.24, 2.45) is 10.8 Å². The molecule has 3 rings (SSSR count). The number of rotatable bonds is 6. The van der Waals surface area contributed by atoms with Gasteiger partial charge in [-0.2, -0.15) is 10.4 Å². The molecule has 0 saturated heterocycles. The minimum atomic E-state index is -0.633. The lowest BCUT2D eigenvalue weighted by atomic mass is 10.0. The summed E-state index contributed by atoms with van der Waals surface area (Å²) in [6, 6.07) is 16.2. The second kappa shape index (κ2) is 9.53. The molecule has 0 spiro atoms. The van der Waals surface area contributed by atoms with Crippen LogP contribution in [0.4, 0.5) is 0 Å². The van der Waals surface area contributed by atoms with Crippen molar-refractivity contribution in [3.8, 4) is 6.07 Å². The first kappa shape index (κ1) is 21.5. The van der Waals surface area contributed by atoms with Crippen LogP contribution in [0.25, 0.3) is 0 Å². The van der Waals surface area contributed by atoms with Crippen LogP contribution in [-0.4, -0.2) is 16.1 Å². The van der Waals surface area contributed by atoms with Gasteiger partial charge >= 0.3 is 0 Å². The highest BCUT2D eigenvalue weighted by molar-refractivity contribution is 9.10. The molecule has 1 heterocycles. The lowest BCUT2D eigenvalue weighted by Gasteiger charge is -2.22. The van der Waals surface area contributed by atoms with Gasteiger partial charge in [-0.05, 0) is 35.4 Å². The summed E-state index contributed by atoms with van der Waals surface area (Å²) >= 11 is 6.72. The Morgan fingerprint density at radius 3 is 2.40 bits per heavy atom. The Hall–Kier alpha value is -3.20. The molecule has 0 aliphatic carbocycles. The van der Waals surface area contributed by atoms with Crippen LogP contribution in [-0.2, 0) is 0 Å². The fraction of sp³-hybridized carbons (Fsp3) is 0.0526. The van der Waals surface area contributed by atoms with Crippen LogP contribution in [0.1, 0.15) is 17.2 Å². The lowest BCUT2D eigenvalue weighted by Crippen LogP contribution is -2.39. The van der Waals surface area contributed by atoms with Gasteiger partial charge in [-0.25, -0.2) is 10.4 Å². The predicted molar refractivity (Wildman–Crippen MR) is 119 cm³/mol. The van der Waals surface area contributed by atoms with Gasteiger partial charge in [0.05, 0.1) is 22.8 Å². The quantitative estimate of drug-likeness (QED) is 0.294. The summed E-state index contributed by atoms with van der Waals surface area (Å²) in [6.45, 7) is 0. The number of hydrogen-bond donors (Lipinski definition) is 3. The topological polar surface area (TPSA) is 133 Å². The summed E-state index contributed by atoms with van der Waals surface area (Å²) < 4.78 is 1.80. The van der Waals surface area contributed by atoms with Gasteiger partial charge in [0.15, 0.2) is 0 Å². The fourth-order valence-corrected chi connectivity index (χ4v) is 3.24. The summed E-state index contributed by atoms with van der Waals surface area (Å²) in [5.74, 6) is 0.00286. The Morgan fingerprint density at radius 2 is 1.83 bits per heavy atom. The number of halogens is 2.